The molecule has 0 aromatic rings. The highest BCUT2D eigenvalue weighted by Gasteiger charge is 2.47. The van der Waals surface area contributed by atoms with Crippen LogP contribution in [0.15, 0.2) is 0 Å². The lowest BCUT2D eigenvalue weighted by atomic mass is 9.88. The minimum Gasteiger partial charge on any atom is -0.388 e. The summed E-state index contributed by atoms with van der Waals surface area (Å²) in [6.45, 7) is 5.70. The number of nitrogens with one attached hydrogen (secondary N) is 2. The van der Waals surface area contributed by atoms with Crippen LogP contribution < -0.4 is 10.6 Å². The molecular weight excluding hydrogens is 418 g/mol. The Bertz CT molecular complexity index is 569. The third-order valence-corrected chi connectivity index (χ3v) is 7.05. The average Bonchev–Trinajstić information content (AvgIpc) is 3.18. The number of thioether (sulfide) groups is 1. The first kappa shape index (κ1) is 25.7. The van der Waals surface area contributed by atoms with Gasteiger partial charge in [-0.2, -0.15) is 0 Å². The van der Waals surface area contributed by atoms with Gasteiger partial charge in [0.2, 0.25) is 11.8 Å². The Morgan fingerprint density at radius 1 is 1.27 bits per heavy atom. The highest BCUT2D eigenvalue weighted by atomic mass is 32.2. The number of hydrogen-bond acceptors (Lipinski definition) is 7. The van der Waals surface area contributed by atoms with Crippen molar-refractivity contribution < 1.29 is 33.6 Å². The van der Waals surface area contributed by atoms with Gasteiger partial charge < -0.3 is 30.7 Å². The Labute approximate surface area is 181 Å². The van der Waals surface area contributed by atoms with Gasteiger partial charge in [-0.05, 0) is 37.5 Å². The summed E-state index contributed by atoms with van der Waals surface area (Å²) in [6, 6.07) is -1.09. The topological polar surface area (TPSA) is 111 Å². The van der Waals surface area contributed by atoms with Crippen molar-refractivity contribution in [2.24, 2.45) is 11.8 Å². The molecule has 30 heavy (non-hydrogen) atoms. The van der Waals surface area contributed by atoms with Crippen molar-refractivity contribution in [3.05, 3.63) is 0 Å². The third kappa shape index (κ3) is 6.26. The standard InChI is InChI=1S/C20H36F2N2O5S/c1-5-20(21,22)7-6-11-8-12(23-9-11)18(28)24-13(10(2)3)17-15(26)14(25)16(27)19(29-17)30-4/h10-17,19,23,25-27H,5-9H2,1-4H3,(H,24,28). The second kappa shape index (κ2) is 10.9. The highest BCUT2D eigenvalue weighted by molar-refractivity contribution is 7.99. The number of alkyl halides is 2. The zero-order valence-electron chi connectivity index (χ0n) is 18.1. The van der Waals surface area contributed by atoms with E-state index in [2.05, 4.69) is 10.6 Å². The number of ether oxygens (including phenoxy) is 1. The van der Waals surface area contributed by atoms with Crippen LogP contribution in [0.3, 0.4) is 0 Å². The summed E-state index contributed by atoms with van der Waals surface area (Å²) in [5, 5.41) is 36.7. The van der Waals surface area contributed by atoms with E-state index < -0.39 is 47.9 Å². The molecule has 2 aliphatic rings. The Morgan fingerprint density at radius 3 is 2.50 bits per heavy atom. The van der Waals surface area contributed by atoms with E-state index in [1.807, 2.05) is 13.8 Å². The van der Waals surface area contributed by atoms with Gasteiger partial charge in [0.15, 0.2) is 0 Å². The predicted octanol–water partition coefficient (Wildman–Crippen LogP) is 1.10. The van der Waals surface area contributed by atoms with Crippen molar-refractivity contribution in [1.29, 1.82) is 0 Å². The van der Waals surface area contributed by atoms with Crippen molar-refractivity contribution in [2.75, 3.05) is 12.8 Å². The van der Waals surface area contributed by atoms with Crippen LogP contribution in [0.5, 0.6) is 0 Å². The largest absolute Gasteiger partial charge is 0.388 e. The molecule has 2 rings (SSSR count). The molecule has 2 heterocycles. The number of aliphatic hydroxyl groups excluding tert-OH is 3. The average molecular weight is 455 g/mol. The number of halogens is 2. The first-order valence-electron chi connectivity index (χ1n) is 10.6. The van der Waals surface area contributed by atoms with E-state index in [0.717, 1.165) is 0 Å². The quantitative estimate of drug-likeness (QED) is 0.355. The molecule has 176 valence electrons. The van der Waals surface area contributed by atoms with Crippen LogP contribution in [-0.2, 0) is 9.53 Å². The summed E-state index contributed by atoms with van der Waals surface area (Å²) in [6.07, 6.45) is -2.66. The Hall–Kier alpha value is -0.520. The molecule has 8 atom stereocenters. The van der Waals surface area contributed by atoms with Crippen LogP contribution in [0.25, 0.3) is 0 Å². The summed E-state index contributed by atoms with van der Waals surface area (Å²) in [7, 11) is 0. The van der Waals surface area contributed by atoms with Crippen LogP contribution in [-0.4, -0.2) is 81.9 Å². The van der Waals surface area contributed by atoms with Gasteiger partial charge in [-0.15, -0.1) is 11.8 Å². The minimum absolute atomic E-state index is 0.00466. The molecule has 0 saturated carbocycles. The van der Waals surface area contributed by atoms with Gasteiger partial charge in [-0.3, -0.25) is 4.79 Å². The van der Waals surface area contributed by atoms with Crippen molar-refractivity contribution in [1.82, 2.24) is 10.6 Å². The van der Waals surface area contributed by atoms with E-state index in [0.29, 0.717) is 19.4 Å². The number of carbonyl (C=O) groups is 1. The summed E-state index contributed by atoms with van der Waals surface area (Å²) in [5.41, 5.74) is -0.722. The van der Waals surface area contributed by atoms with Crippen molar-refractivity contribution in [3.63, 3.8) is 0 Å². The lowest BCUT2D eigenvalue weighted by Crippen LogP contribution is -2.64. The van der Waals surface area contributed by atoms with E-state index >= 15 is 0 Å². The zero-order chi connectivity index (χ0) is 22.6. The molecule has 2 fully saturated rings. The molecule has 0 spiro atoms. The van der Waals surface area contributed by atoms with Crippen LogP contribution in [0, 0.1) is 11.8 Å². The van der Waals surface area contributed by atoms with Crippen LogP contribution in [0.2, 0.25) is 0 Å². The minimum atomic E-state index is -2.67. The van der Waals surface area contributed by atoms with E-state index in [1.165, 1.54) is 18.7 Å². The van der Waals surface area contributed by atoms with Crippen LogP contribution in [0.4, 0.5) is 8.78 Å². The number of carbonyl (C=O) groups excluding carboxylic acids is 1. The summed E-state index contributed by atoms with van der Waals surface area (Å²) < 4.78 is 32.8. The number of rotatable bonds is 9. The van der Waals surface area contributed by atoms with Crippen molar-refractivity contribution >= 4 is 17.7 Å². The zero-order valence-corrected chi connectivity index (χ0v) is 18.9. The molecule has 7 nitrogen and oxygen atoms in total. The first-order chi connectivity index (χ1) is 14.0. The van der Waals surface area contributed by atoms with Gasteiger partial charge in [0.05, 0.1) is 12.1 Å². The fourth-order valence-corrected chi connectivity index (χ4v) is 4.76. The van der Waals surface area contributed by atoms with Gasteiger partial charge >= 0.3 is 0 Å². The van der Waals surface area contributed by atoms with Gasteiger partial charge in [-0.1, -0.05) is 20.8 Å². The maximum atomic E-state index is 13.5. The van der Waals surface area contributed by atoms with Crippen molar-refractivity contribution in [3.8, 4) is 0 Å². The highest BCUT2D eigenvalue weighted by Crippen LogP contribution is 2.31. The van der Waals surface area contributed by atoms with Gasteiger partial charge in [0.1, 0.15) is 29.9 Å². The second-order valence-electron chi connectivity index (χ2n) is 8.77. The molecule has 0 aromatic carbocycles. The SMILES string of the molecule is CCC(F)(F)CCC1CNC(C(=O)NC(C(C)C)C2OC(SC)C(O)C(O)C2O)C1. The molecule has 2 aliphatic heterocycles. The molecule has 8 unspecified atom stereocenters. The molecule has 0 bridgehead atoms. The molecule has 5 N–H and O–H groups in total. The van der Waals surface area contributed by atoms with E-state index in [9.17, 15) is 28.9 Å². The first-order valence-corrected chi connectivity index (χ1v) is 11.9. The fraction of sp³-hybridized carbons (Fsp3) is 0.950. The summed E-state index contributed by atoms with van der Waals surface area (Å²) in [4.78, 5) is 12.8. The molecule has 1 amide bonds. The number of amides is 1. The molecular formula is C20H36F2N2O5S. The lowest BCUT2D eigenvalue weighted by Gasteiger charge is -2.44. The molecule has 2 saturated heterocycles. The van der Waals surface area contributed by atoms with E-state index in [-0.39, 0.29) is 30.6 Å². The molecule has 10 heteroatoms. The second-order valence-corrected chi connectivity index (χ2v) is 9.70. The van der Waals surface area contributed by atoms with E-state index in [4.69, 9.17) is 4.74 Å². The normalized spacial score (nSPS) is 36.1. The maximum absolute atomic E-state index is 13.5. The summed E-state index contributed by atoms with van der Waals surface area (Å²) >= 11 is 1.22. The third-order valence-electron chi connectivity index (χ3n) is 6.19. The van der Waals surface area contributed by atoms with Crippen LogP contribution >= 0.6 is 11.8 Å². The van der Waals surface area contributed by atoms with E-state index in [1.54, 1.807) is 6.26 Å². The lowest BCUT2D eigenvalue weighted by molar-refractivity contribution is -0.208. The monoisotopic (exact) mass is 454 g/mol. The van der Waals surface area contributed by atoms with Gasteiger partial charge in [-0.25, -0.2) is 8.78 Å². The van der Waals surface area contributed by atoms with Crippen LogP contribution in [0.1, 0.15) is 46.5 Å². The maximum Gasteiger partial charge on any atom is 0.247 e. The number of hydrogen-bond donors (Lipinski definition) is 5. The van der Waals surface area contributed by atoms with Gasteiger partial charge in [0.25, 0.3) is 0 Å². The Kier molecular flexibility index (Phi) is 9.33. The number of aliphatic hydroxyl groups is 3. The van der Waals surface area contributed by atoms with Gasteiger partial charge in [0, 0.05) is 12.8 Å². The molecule has 0 aromatic heterocycles. The smallest absolute Gasteiger partial charge is 0.247 e. The molecule has 0 radical (unpaired) electrons. The molecule has 0 aliphatic carbocycles. The Balaban J connectivity index is 1.97. The Morgan fingerprint density at radius 2 is 1.93 bits per heavy atom. The fourth-order valence-electron chi connectivity index (χ4n) is 4.08. The summed E-state index contributed by atoms with van der Waals surface area (Å²) in [5.74, 6) is -3.06. The van der Waals surface area contributed by atoms with Crippen molar-refractivity contribution in [2.45, 2.75) is 94.3 Å². The predicted molar refractivity (Wildman–Crippen MR) is 111 cm³/mol.